The van der Waals surface area contributed by atoms with Gasteiger partial charge >= 0.3 is 6.09 Å². The number of nitrogens with one attached hydrogen (secondary N) is 3. The Morgan fingerprint density at radius 3 is 2.53 bits per heavy atom. The van der Waals surface area contributed by atoms with E-state index in [2.05, 4.69) is 16.0 Å². The average Bonchev–Trinajstić information content (AvgIpc) is 3.54. The number of carbonyl (C=O) groups is 5. The maximum Gasteiger partial charge on any atom is 0.408 e. The monoisotopic (exact) mass is 518 g/mol. The molecule has 2 heterocycles. The molecule has 2 atom stereocenters. The number of hydrogen-bond donors (Lipinski definition) is 3. The molecule has 2 fully saturated rings. The number of carbonyl (C=O) groups excluding carboxylic acids is 5. The first kappa shape index (κ1) is 25.4. The van der Waals surface area contributed by atoms with E-state index < -0.39 is 24.1 Å². The van der Waals surface area contributed by atoms with E-state index >= 15 is 0 Å². The Morgan fingerprint density at radius 2 is 1.79 bits per heavy atom. The molecular formula is C28H30N4O6. The Hall–Kier alpha value is -4.21. The van der Waals surface area contributed by atoms with E-state index in [-0.39, 0.29) is 43.3 Å². The summed E-state index contributed by atoms with van der Waals surface area (Å²) in [5.74, 6) is -1.43. The zero-order valence-electron chi connectivity index (χ0n) is 20.9. The Labute approximate surface area is 220 Å². The van der Waals surface area contributed by atoms with Gasteiger partial charge in [-0.05, 0) is 54.9 Å². The number of alkyl carbamates (subject to hydrolysis) is 1. The number of amides is 5. The third-order valence-corrected chi connectivity index (χ3v) is 7.29. The molecule has 10 nitrogen and oxygen atoms in total. The summed E-state index contributed by atoms with van der Waals surface area (Å²) in [6.45, 7) is 0.435. The Morgan fingerprint density at radius 1 is 1.03 bits per heavy atom. The van der Waals surface area contributed by atoms with Crippen LogP contribution in [-0.4, -0.2) is 46.8 Å². The minimum Gasteiger partial charge on any atom is -0.446 e. The lowest BCUT2D eigenvalue weighted by Crippen LogP contribution is -2.52. The van der Waals surface area contributed by atoms with Gasteiger partial charge in [0.15, 0.2) is 0 Å². The van der Waals surface area contributed by atoms with E-state index in [4.69, 9.17) is 4.74 Å². The first-order valence-electron chi connectivity index (χ1n) is 13.0. The SMILES string of the molecule is O=C1CCC(N2Cc3cc(CNC(=O)C(NC(=O)OC4CCCC4)c4ccccc4)ccc3C2=O)C(=O)N1. The molecular weight excluding hydrogens is 488 g/mol. The zero-order chi connectivity index (χ0) is 26.6. The van der Waals surface area contributed by atoms with Crippen molar-refractivity contribution in [2.75, 3.05) is 0 Å². The molecule has 5 amide bonds. The molecule has 0 radical (unpaired) electrons. The van der Waals surface area contributed by atoms with Crippen LogP contribution in [-0.2, 0) is 32.2 Å². The number of imide groups is 1. The highest BCUT2D eigenvalue weighted by molar-refractivity contribution is 6.05. The van der Waals surface area contributed by atoms with E-state index in [1.807, 2.05) is 12.1 Å². The van der Waals surface area contributed by atoms with Gasteiger partial charge in [0.05, 0.1) is 0 Å². The highest BCUT2D eigenvalue weighted by atomic mass is 16.6. The van der Waals surface area contributed by atoms with Crippen molar-refractivity contribution in [3.05, 3.63) is 70.8 Å². The van der Waals surface area contributed by atoms with Crippen LogP contribution in [0, 0.1) is 0 Å². The molecule has 2 aliphatic heterocycles. The van der Waals surface area contributed by atoms with Crippen LogP contribution in [0.5, 0.6) is 0 Å². The molecule has 10 heteroatoms. The van der Waals surface area contributed by atoms with Crippen LogP contribution in [0.25, 0.3) is 0 Å². The quantitative estimate of drug-likeness (QED) is 0.482. The van der Waals surface area contributed by atoms with Crippen LogP contribution in [0.1, 0.15) is 71.6 Å². The van der Waals surface area contributed by atoms with Crippen LogP contribution in [0.15, 0.2) is 48.5 Å². The molecule has 1 saturated heterocycles. The second-order valence-electron chi connectivity index (χ2n) is 9.91. The second-order valence-corrected chi connectivity index (χ2v) is 9.91. The number of benzene rings is 2. The van der Waals surface area contributed by atoms with Gasteiger partial charge in [-0.3, -0.25) is 24.5 Å². The molecule has 1 aliphatic carbocycles. The highest BCUT2D eigenvalue weighted by Gasteiger charge is 2.39. The van der Waals surface area contributed by atoms with Crippen LogP contribution in [0.2, 0.25) is 0 Å². The predicted octanol–water partition coefficient (Wildman–Crippen LogP) is 2.47. The van der Waals surface area contributed by atoms with Gasteiger partial charge in [-0.15, -0.1) is 0 Å². The molecule has 0 bridgehead atoms. The molecule has 0 aromatic heterocycles. The van der Waals surface area contributed by atoms with E-state index in [0.29, 0.717) is 17.5 Å². The van der Waals surface area contributed by atoms with E-state index in [1.54, 1.807) is 36.4 Å². The standard InChI is InChI=1S/C28H30N4O6/c33-23-13-12-22(25(34)30-23)32-16-19-14-17(10-11-21(19)27(32)36)15-29-26(35)24(18-6-2-1-3-7-18)31-28(37)38-20-8-4-5-9-20/h1-3,6-7,10-11,14,20,22,24H,4-5,8-9,12-13,15-16H2,(H,29,35)(H,31,37)(H,30,33,34). The molecule has 198 valence electrons. The fourth-order valence-electron chi connectivity index (χ4n) is 5.28. The summed E-state index contributed by atoms with van der Waals surface area (Å²) < 4.78 is 5.50. The van der Waals surface area contributed by atoms with Crippen LogP contribution >= 0.6 is 0 Å². The molecule has 1 saturated carbocycles. The molecule has 5 rings (SSSR count). The lowest BCUT2D eigenvalue weighted by Gasteiger charge is -2.29. The summed E-state index contributed by atoms with van der Waals surface area (Å²) in [7, 11) is 0. The molecule has 2 aromatic carbocycles. The third kappa shape index (κ3) is 5.53. The molecule has 2 unspecified atom stereocenters. The minimum absolute atomic E-state index is 0.122. The van der Waals surface area contributed by atoms with Crippen LogP contribution < -0.4 is 16.0 Å². The first-order valence-corrected chi connectivity index (χ1v) is 13.0. The van der Waals surface area contributed by atoms with Gasteiger partial charge in [-0.1, -0.05) is 42.5 Å². The normalized spacial score (nSPS) is 20.1. The van der Waals surface area contributed by atoms with Crippen molar-refractivity contribution in [2.45, 2.75) is 69.8 Å². The Bertz CT molecular complexity index is 1260. The van der Waals surface area contributed by atoms with Crippen molar-refractivity contribution in [2.24, 2.45) is 0 Å². The lowest BCUT2D eigenvalue weighted by atomic mass is 10.0. The second kappa shape index (κ2) is 11.0. The predicted molar refractivity (Wildman–Crippen MR) is 135 cm³/mol. The summed E-state index contributed by atoms with van der Waals surface area (Å²) in [5.41, 5.74) is 2.66. The molecule has 2 aromatic rings. The number of ether oxygens (including phenoxy) is 1. The largest absolute Gasteiger partial charge is 0.446 e. The molecule has 3 N–H and O–H groups in total. The van der Waals surface area contributed by atoms with Gasteiger partial charge in [0.1, 0.15) is 18.2 Å². The highest BCUT2D eigenvalue weighted by Crippen LogP contribution is 2.28. The zero-order valence-corrected chi connectivity index (χ0v) is 20.9. The molecule has 3 aliphatic rings. The molecule has 0 spiro atoms. The molecule has 38 heavy (non-hydrogen) atoms. The van der Waals surface area contributed by atoms with E-state index in [0.717, 1.165) is 36.8 Å². The van der Waals surface area contributed by atoms with Gasteiger partial charge < -0.3 is 20.3 Å². The van der Waals surface area contributed by atoms with E-state index in [1.165, 1.54) is 4.90 Å². The summed E-state index contributed by atoms with van der Waals surface area (Å²) in [5, 5.41) is 7.88. The van der Waals surface area contributed by atoms with Gasteiger partial charge in [-0.25, -0.2) is 4.79 Å². The Balaban J connectivity index is 1.23. The van der Waals surface area contributed by atoms with Crippen LogP contribution in [0.3, 0.4) is 0 Å². The van der Waals surface area contributed by atoms with Crippen molar-refractivity contribution in [3.63, 3.8) is 0 Å². The van der Waals surface area contributed by atoms with Crippen molar-refractivity contribution >= 4 is 29.7 Å². The van der Waals surface area contributed by atoms with Crippen molar-refractivity contribution in [1.82, 2.24) is 20.9 Å². The first-order chi connectivity index (χ1) is 18.4. The van der Waals surface area contributed by atoms with Crippen molar-refractivity contribution in [1.29, 1.82) is 0 Å². The lowest BCUT2D eigenvalue weighted by molar-refractivity contribution is -0.137. The number of nitrogens with zero attached hydrogens (tertiary/aromatic N) is 1. The topological polar surface area (TPSA) is 134 Å². The van der Waals surface area contributed by atoms with Crippen molar-refractivity contribution < 1.29 is 28.7 Å². The van der Waals surface area contributed by atoms with Gasteiger partial charge in [0, 0.05) is 25.1 Å². The smallest absolute Gasteiger partial charge is 0.408 e. The third-order valence-electron chi connectivity index (χ3n) is 7.29. The summed E-state index contributed by atoms with van der Waals surface area (Å²) in [6.07, 6.45) is 3.46. The number of rotatable bonds is 7. The Kier molecular flexibility index (Phi) is 7.39. The van der Waals surface area contributed by atoms with Crippen LogP contribution in [0.4, 0.5) is 4.79 Å². The number of fused-ring (bicyclic) bond motifs is 1. The van der Waals surface area contributed by atoms with Gasteiger partial charge in [0.2, 0.25) is 17.7 Å². The van der Waals surface area contributed by atoms with E-state index in [9.17, 15) is 24.0 Å². The average molecular weight is 519 g/mol. The summed E-state index contributed by atoms with van der Waals surface area (Å²) in [6, 6.07) is 12.6. The summed E-state index contributed by atoms with van der Waals surface area (Å²) >= 11 is 0. The fraction of sp³-hybridized carbons (Fsp3) is 0.393. The minimum atomic E-state index is -0.927. The summed E-state index contributed by atoms with van der Waals surface area (Å²) in [4.78, 5) is 63.9. The van der Waals surface area contributed by atoms with Gasteiger partial charge in [0.25, 0.3) is 5.91 Å². The van der Waals surface area contributed by atoms with Crippen molar-refractivity contribution in [3.8, 4) is 0 Å². The maximum atomic E-state index is 13.2. The van der Waals surface area contributed by atoms with Gasteiger partial charge in [-0.2, -0.15) is 0 Å². The maximum absolute atomic E-state index is 13.2. The number of hydrogen-bond acceptors (Lipinski definition) is 6. The number of piperidine rings is 1. The fourth-order valence-corrected chi connectivity index (χ4v) is 5.28.